The van der Waals surface area contributed by atoms with Crippen molar-refractivity contribution in [3.05, 3.63) is 67.7 Å². The van der Waals surface area contributed by atoms with Gasteiger partial charge in [-0.1, -0.05) is 17.7 Å². The molecule has 14 heteroatoms. The molecule has 0 aliphatic heterocycles. The molecule has 0 atom stereocenters. The van der Waals surface area contributed by atoms with Crippen LogP contribution in [0.5, 0.6) is 0 Å². The van der Waals surface area contributed by atoms with Gasteiger partial charge in [0.1, 0.15) is 6.54 Å². The van der Waals surface area contributed by atoms with Gasteiger partial charge in [0, 0.05) is 24.3 Å². The number of non-ortho nitro benzene ring substituents is 2. The van der Waals surface area contributed by atoms with Crippen molar-refractivity contribution in [2.75, 3.05) is 10.8 Å². The summed E-state index contributed by atoms with van der Waals surface area (Å²) < 4.78 is 26.6. The molecule has 0 fully saturated rings. The Hall–Kier alpha value is -3.29. The second-order valence-electron chi connectivity index (χ2n) is 5.23. The Morgan fingerprint density at radius 1 is 1.11 bits per heavy atom. The Labute approximate surface area is 162 Å². The summed E-state index contributed by atoms with van der Waals surface area (Å²) in [6, 6.07) is 7.08. The van der Waals surface area contributed by atoms with E-state index in [0.29, 0.717) is 4.31 Å². The van der Waals surface area contributed by atoms with E-state index in [1.54, 1.807) is 5.43 Å². The van der Waals surface area contributed by atoms with E-state index in [2.05, 4.69) is 0 Å². The lowest BCUT2D eigenvalue weighted by molar-refractivity contribution is -0.385. The third-order valence-electron chi connectivity index (χ3n) is 3.47. The molecule has 0 bridgehead atoms. The summed E-state index contributed by atoms with van der Waals surface area (Å²) in [7, 11) is -4.57. The molecule has 28 heavy (non-hydrogen) atoms. The number of amides is 1. The van der Waals surface area contributed by atoms with Crippen LogP contribution in [0.25, 0.3) is 0 Å². The van der Waals surface area contributed by atoms with Gasteiger partial charge in [-0.05, 0) is 12.1 Å². The average Bonchev–Trinajstić information content (AvgIpc) is 2.66. The maximum Gasteiger partial charge on any atom is 0.271 e. The number of nitrogens with one attached hydrogen (secondary N) is 1. The van der Waals surface area contributed by atoms with E-state index >= 15 is 0 Å². The number of hydrogen-bond acceptors (Lipinski definition) is 8. The highest BCUT2D eigenvalue weighted by molar-refractivity contribution is 7.92. The number of hydrazine groups is 1. The van der Waals surface area contributed by atoms with Gasteiger partial charge in [-0.2, -0.15) is 0 Å². The quantitative estimate of drug-likeness (QED) is 0.286. The minimum Gasteiger partial charge on any atom is -0.293 e. The summed E-state index contributed by atoms with van der Waals surface area (Å²) in [5.41, 5.74) is 0.391. The molecule has 2 rings (SSSR count). The summed E-state index contributed by atoms with van der Waals surface area (Å²) in [5.74, 6) is 4.06. The molecule has 0 aromatic heterocycles. The molecule has 3 N–H and O–H groups in total. The fourth-order valence-corrected chi connectivity index (χ4v) is 3.91. The maximum absolute atomic E-state index is 13.0. The Bertz CT molecular complexity index is 1060. The van der Waals surface area contributed by atoms with Crippen LogP contribution in [0.15, 0.2) is 47.4 Å². The number of nitro benzene ring substituents is 2. The second kappa shape index (κ2) is 8.16. The van der Waals surface area contributed by atoms with Crippen LogP contribution in [0, 0.1) is 20.2 Å². The van der Waals surface area contributed by atoms with Crippen molar-refractivity contribution in [3.63, 3.8) is 0 Å². The number of halogens is 1. The Morgan fingerprint density at radius 2 is 1.71 bits per heavy atom. The van der Waals surface area contributed by atoms with E-state index in [1.807, 2.05) is 0 Å². The number of carbonyl (C=O) groups is 1. The highest BCUT2D eigenvalue weighted by Gasteiger charge is 2.31. The van der Waals surface area contributed by atoms with E-state index in [1.165, 1.54) is 0 Å². The second-order valence-corrected chi connectivity index (χ2v) is 7.50. The minimum absolute atomic E-state index is 0.204. The lowest BCUT2D eigenvalue weighted by Crippen LogP contribution is -2.43. The van der Waals surface area contributed by atoms with Gasteiger partial charge in [-0.25, -0.2) is 14.3 Å². The molecule has 148 valence electrons. The first-order valence-electron chi connectivity index (χ1n) is 7.28. The normalized spacial score (nSPS) is 10.9. The Morgan fingerprint density at radius 3 is 2.29 bits per heavy atom. The predicted molar refractivity (Wildman–Crippen MR) is 98.1 cm³/mol. The first-order chi connectivity index (χ1) is 13.1. The van der Waals surface area contributed by atoms with Gasteiger partial charge in [0.15, 0.2) is 0 Å². The first kappa shape index (κ1) is 21.0. The molecular weight excluding hydrogens is 418 g/mol. The Balaban J connectivity index is 2.68. The number of sulfonamides is 1. The molecule has 0 saturated heterocycles. The zero-order valence-electron chi connectivity index (χ0n) is 13.8. The molecule has 12 nitrogen and oxygen atoms in total. The summed E-state index contributed by atoms with van der Waals surface area (Å²) in [6.45, 7) is -0.873. The molecule has 0 saturated carbocycles. The largest absolute Gasteiger partial charge is 0.293 e. The van der Waals surface area contributed by atoms with Crippen molar-refractivity contribution >= 4 is 44.6 Å². The van der Waals surface area contributed by atoms with E-state index in [-0.39, 0.29) is 10.7 Å². The van der Waals surface area contributed by atoms with E-state index in [9.17, 15) is 33.4 Å². The molecule has 2 aromatic rings. The number of hydrogen-bond donors (Lipinski definition) is 2. The molecule has 0 radical (unpaired) electrons. The molecule has 0 heterocycles. The fraction of sp³-hybridized carbons (Fsp3) is 0.0714. The zero-order chi connectivity index (χ0) is 21.1. The zero-order valence-corrected chi connectivity index (χ0v) is 15.4. The number of carbonyl (C=O) groups excluding carboxylic acids is 1. The van der Waals surface area contributed by atoms with Crippen LogP contribution < -0.4 is 15.6 Å². The highest BCUT2D eigenvalue weighted by Crippen LogP contribution is 2.34. The highest BCUT2D eigenvalue weighted by atomic mass is 35.5. The molecular formula is C14H12ClN5O7S. The van der Waals surface area contributed by atoms with Crippen molar-refractivity contribution < 1.29 is 23.1 Å². The van der Waals surface area contributed by atoms with Gasteiger partial charge in [-0.15, -0.1) is 0 Å². The third kappa shape index (κ3) is 4.33. The van der Waals surface area contributed by atoms with Crippen LogP contribution in [-0.2, 0) is 14.8 Å². The van der Waals surface area contributed by atoms with Crippen LogP contribution in [0.4, 0.5) is 17.1 Å². The first-order valence-corrected chi connectivity index (χ1v) is 9.10. The third-order valence-corrected chi connectivity index (χ3v) is 5.55. The van der Waals surface area contributed by atoms with Crippen LogP contribution in [0.1, 0.15) is 0 Å². The van der Waals surface area contributed by atoms with E-state index in [4.69, 9.17) is 17.4 Å². The number of anilines is 1. The van der Waals surface area contributed by atoms with Gasteiger partial charge in [0.2, 0.25) is 0 Å². The molecule has 2 aromatic carbocycles. The molecule has 0 aliphatic carbocycles. The summed E-state index contributed by atoms with van der Waals surface area (Å²) in [6.07, 6.45) is 0. The van der Waals surface area contributed by atoms with Crippen molar-refractivity contribution in [2.24, 2.45) is 5.84 Å². The molecule has 0 aliphatic rings. The molecule has 0 unspecified atom stereocenters. The molecule has 0 spiro atoms. The van der Waals surface area contributed by atoms with Gasteiger partial charge in [0.25, 0.3) is 27.3 Å². The average molecular weight is 430 g/mol. The van der Waals surface area contributed by atoms with Gasteiger partial charge in [0.05, 0.1) is 25.5 Å². The van der Waals surface area contributed by atoms with Crippen LogP contribution in [-0.4, -0.2) is 30.7 Å². The van der Waals surface area contributed by atoms with Crippen LogP contribution in [0.3, 0.4) is 0 Å². The van der Waals surface area contributed by atoms with Crippen molar-refractivity contribution in [1.82, 2.24) is 5.43 Å². The number of nitrogens with zero attached hydrogens (tertiary/aromatic N) is 3. The van der Waals surface area contributed by atoms with Gasteiger partial charge < -0.3 is 0 Å². The predicted octanol–water partition coefficient (Wildman–Crippen LogP) is 1.34. The summed E-state index contributed by atoms with van der Waals surface area (Å²) >= 11 is 6.00. The number of benzene rings is 2. The summed E-state index contributed by atoms with van der Waals surface area (Å²) in [4.78, 5) is 31.6. The van der Waals surface area contributed by atoms with Gasteiger partial charge in [-0.3, -0.25) is 34.8 Å². The standard InChI is InChI=1S/C14H12ClN5O7S/c15-12-5-4-10(20(24)25)7-13(12)18(8-14(21)17-16)28(26,27)11-3-1-2-9(6-11)19(22)23/h1-7H,8,16H2,(H,17,21). The maximum atomic E-state index is 13.0. The van der Waals surface area contributed by atoms with Crippen molar-refractivity contribution in [1.29, 1.82) is 0 Å². The van der Waals surface area contributed by atoms with Gasteiger partial charge >= 0.3 is 0 Å². The fourth-order valence-electron chi connectivity index (χ4n) is 2.17. The van der Waals surface area contributed by atoms with Crippen molar-refractivity contribution in [3.8, 4) is 0 Å². The number of nitrogens with two attached hydrogens (primary N) is 1. The lowest BCUT2D eigenvalue weighted by atomic mass is 10.3. The van der Waals surface area contributed by atoms with Crippen LogP contribution >= 0.6 is 11.6 Å². The van der Waals surface area contributed by atoms with Crippen LogP contribution in [0.2, 0.25) is 5.02 Å². The number of nitro groups is 2. The SMILES string of the molecule is NNC(=O)CN(c1cc([N+](=O)[O-])ccc1Cl)S(=O)(=O)c1cccc([N+](=O)[O-])c1. The lowest BCUT2D eigenvalue weighted by Gasteiger charge is -2.24. The van der Waals surface area contributed by atoms with E-state index < -0.39 is 48.6 Å². The Kier molecular flexibility index (Phi) is 6.12. The summed E-state index contributed by atoms with van der Waals surface area (Å²) in [5, 5.41) is 21.8. The number of rotatable bonds is 7. The minimum atomic E-state index is -4.57. The molecule has 1 amide bonds. The monoisotopic (exact) mass is 429 g/mol. The van der Waals surface area contributed by atoms with Crippen molar-refractivity contribution in [2.45, 2.75) is 4.90 Å². The topological polar surface area (TPSA) is 179 Å². The van der Waals surface area contributed by atoms with E-state index in [0.717, 1.165) is 42.5 Å². The smallest absolute Gasteiger partial charge is 0.271 e.